The van der Waals surface area contributed by atoms with Crippen LogP contribution in [0.25, 0.3) is 0 Å². The maximum atomic E-state index is 10.4. The van der Waals surface area contributed by atoms with Crippen molar-refractivity contribution in [3.05, 3.63) is 33.8 Å². The molecule has 0 aliphatic carbocycles. The number of benzene rings is 1. The molecule has 0 bridgehead atoms. The van der Waals surface area contributed by atoms with Crippen LogP contribution in [0.2, 0.25) is 10.0 Å². The summed E-state index contributed by atoms with van der Waals surface area (Å²) in [6, 6.07) is 5.12. The molecule has 6 heteroatoms. The van der Waals surface area contributed by atoms with Gasteiger partial charge in [-0.25, -0.2) is 4.79 Å². The van der Waals surface area contributed by atoms with Crippen LogP contribution in [0.5, 0.6) is 0 Å². The Hall–Kier alpha value is -0.970. The summed E-state index contributed by atoms with van der Waals surface area (Å²) in [5.41, 5.74) is 0.849. The highest BCUT2D eigenvalue weighted by atomic mass is 35.5. The van der Waals surface area contributed by atoms with Gasteiger partial charge in [-0.05, 0) is 24.1 Å². The van der Waals surface area contributed by atoms with Gasteiger partial charge in [0.1, 0.15) is 0 Å². The van der Waals surface area contributed by atoms with Crippen LogP contribution in [0.3, 0.4) is 0 Å². The van der Waals surface area contributed by atoms with Crippen molar-refractivity contribution < 1.29 is 15.0 Å². The van der Waals surface area contributed by atoms with Crippen molar-refractivity contribution in [1.82, 2.24) is 5.32 Å². The lowest BCUT2D eigenvalue weighted by Crippen LogP contribution is -2.27. The van der Waals surface area contributed by atoms with Gasteiger partial charge in [-0.2, -0.15) is 0 Å². The number of halogens is 2. The molecular formula is C11H13Cl2NO3. The van der Waals surface area contributed by atoms with Gasteiger partial charge in [0.2, 0.25) is 0 Å². The minimum Gasteiger partial charge on any atom is -0.465 e. The fourth-order valence-corrected chi connectivity index (χ4v) is 1.83. The summed E-state index contributed by atoms with van der Waals surface area (Å²) in [6.07, 6.45) is -0.633. The monoisotopic (exact) mass is 277 g/mol. The van der Waals surface area contributed by atoms with Gasteiger partial charge in [0.15, 0.2) is 0 Å². The SMILES string of the molecule is O=C(O)NCC(CCO)c1ccc(Cl)c(Cl)c1. The zero-order valence-electron chi connectivity index (χ0n) is 8.99. The maximum Gasteiger partial charge on any atom is 0.404 e. The molecule has 0 spiro atoms. The Morgan fingerprint density at radius 2 is 2.06 bits per heavy atom. The molecule has 0 heterocycles. The van der Waals surface area contributed by atoms with Gasteiger partial charge in [-0.3, -0.25) is 0 Å². The number of carbonyl (C=O) groups is 1. The first-order chi connectivity index (χ1) is 8.04. The molecule has 0 aromatic heterocycles. The zero-order chi connectivity index (χ0) is 12.8. The molecular weight excluding hydrogens is 265 g/mol. The van der Waals surface area contributed by atoms with Gasteiger partial charge in [-0.1, -0.05) is 29.3 Å². The van der Waals surface area contributed by atoms with Crippen LogP contribution in [0.4, 0.5) is 4.79 Å². The number of hydrogen-bond acceptors (Lipinski definition) is 2. The summed E-state index contributed by atoms with van der Waals surface area (Å²) in [5, 5.41) is 20.7. The summed E-state index contributed by atoms with van der Waals surface area (Å²) in [5.74, 6) is -0.120. The Kier molecular flexibility index (Phi) is 5.55. The molecule has 0 fully saturated rings. The number of hydrogen-bond donors (Lipinski definition) is 3. The van der Waals surface area contributed by atoms with Crippen LogP contribution < -0.4 is 5.32 Å². The smallest absolute Gasteiger partial charge is 0.404 e. The van der Waals surface area contributed by atoms with Crippen molar-refractivity contribution in [2.75, 3.05) is 13.2 Å². The molecule has 94 valence electrons. The molecule has 17 heavy (non-hydrogen) atoms. The van der Waals surface area contributed by atoms with Crippen LogP contribution in [0.1, 0.15) is 17.9 Å². The topological polar surface area (TPSA) is 69.6 Å². The van der Waals surface area contributed by atoms with E-state index in [1.807, 2.05) is 0 Å². The van der Waals surface area contributed by atoms with Gasteiger partial charge >= 0.3 is 6.09 Å². The lowest BCUT2D eigenvalue weighted by molar-refractivity contribution is 0.192. The number of carboxylic acid groups (broad SMARTS) is 1. The molecule has 1 unspecified atom stereocenters. The second-order valence-corrected chi connectivity index (χ2v) is 4.38. The fourth-order valence-electron chi connectivity index (χ4n) is 1.52. The molecule has 1 rings (SSSR count). The first-order valence-corrected chi connectivity index (χ1v) is 5.82. The van der Waals surface area contributed by atoms with E-state index < -0.39 is 6.09 Å². The third-order valence-electron chi connectivity index (χ3n) is 2.39. The van der Waals surface area contributed by atoms with Crippen molar-refractivity contribution in [2.45, 2.75) is 12.3 Å². The van der Waals surface area contributed by atoms with Gasteiger partial charge in [0, 0.05) is 19.1 Å². The van der Waals surface area contributed by atoms with E-state index in [0.717, 1.165) is 5.56 Å². The van der Waals surface area contributed by atoms with Gasteiger partial charge in [0.05, 0.1) is 10.0 Å². The van der Waals surface area contributed by atoms with E-state index in [9.17, 15) is 4.79 Å². The number of aliphatic hydroxyl groups is 1. The molecule has 0 radical (unpaired) electrons. The molecule has 3 N–H and O–H groups in total. The van der Waals surface area contributed by atoms with E-state index in [2.05, 4.69) is 5.32 Å². The Morgan fingerprint density at radius 3 is 2.59 bits per heavy atom. The van der Waals surface area contributed by atoms with Crippen molar-refractivity contribution in [1.29, 1.82) is 0 Å². The van der Waals surface area contributed by atoms with E-state index in [1.54, 1.807) is 18.2 Å². The zero-order valence-corrected chi connectivity index (χ0v) is 10.5. The highest BCUT2D eigenvalue weighted by Crippen LogP contribution is 2.27. The minimum absolute atomic E-state index is 0.0216. The van der Waals surface area contributed by atoms with E-state index in [1.165, 1.54) is 0 Å². The predicted molar refractivity (Wildman–Crippen MR) is 66.9 cm³/mol. The first kappa shape index (κ1) is 14.1. The molecule has 1 aromatic rings. The Balaban J connectivity index is 2.81. The predicted octanol–water partition coefficient (Wildman–Crippen LogP) is 2.73. The number of amides is 1. The number of aliphatic hydroxyl groups excluding tert-OH is 1. The molecule has 1 aromatic carbocycles. The molecule has 1 amide bonds. The largest absolute Gasteiger partial charge is 0.465 e. The fraction of sp³-hybridized carbons (Fsp3) is 0.364. The first-order valence-electron chi connectivity index (χ1n) is 5.07. The van der Waals surface area contributed by atoms with Gasteiger partial charge < -0.3 is 15.5 Å². The van der Waals surface area contributed by atoms with Crippen LogP contribution in [-0.2, 0) is 0 Å². The summed E-state index contributed by atoms with van der Waals surface area (Å²) < 4.78 is 0. The summed E-state index contributed by atoms with van der Waals surface area (Å²) in [6.45, 7) is 0.208. The maximum absolute atomic E-state index is 10.4. The van der Waals surface area contributed by atoms with Gasteiger partial charge in [0.25, 0.3) is 0 Å². The van der Waals surface area contributed by atoms with Crippen molar-refractivity contribution >= 4 is 29.3 Å². The third-order valence-corrected chi connectivity index (χ3v) is 3.13. The van der Waals surface area contributed by atoms with Crippen LogP contribution >= 0.6 is 23.2 Å². The lowest BCUT2D eigenvalue weighted by atomic mass is 9.96. The van der Waals surface area contributed by atoms with E-state index in [4.69, 9.17) is 33.4 Å². The Morgan fingerprint density at radius 1 is 1.35 bits per heavy atom. The highest BCUT2D eigenvalue weighted by molar-refractivity contribution is 6.42. The van der Waals surface area contributed by atoms with Gasteiger partial charge in [-0.15, -0.1) is 0 Å². The van der Waals surface area contributed by atoms with Crippen LogP contribution in [-0.4, -0.2) is 29.5 Å². The second-order valence-electron chi connectivity index (χ2n) is 3.57. The van der Waals surface area contributed by atoms with Crippen LogP contribution in [0.15, 0.2) is 18.2 Å². The molecule has 0 aliphatic heterocycles. The minimum atomic E-state index is -1.09. The van der Waals surface area contributed by atoms with Crippen molar-refractivity contribution in [2.24, 2.45) is 0 Å². The number of rotatable bonds is 5. The average Bonchev–Trinajstić information content (AvgIpc) is 2.28. The molecule has 0 saturated carbocycles. The van der Waals surface area contributed by atoms with E-state index >= 15 is 0 Å². The van der Waals surface area contributed by atoms with E-state index in [-0.39, 0.29) is 19.1 Å². The molecule has 4 nitrogen and oxygen atoms in total. The van der Waals surface area contributed by atoms with Crippen molar-refractivity contribution in [3.8, 4) is 0 Å². The lowest BCUT2D eigenvalue weighted by Gasteiger charge is -2.16. The van der Waals surface area contributed by atoms with E-state index in [0.29, 0.717) is 16.5 Å². The highest BCUT2D eigenvalue weighted by Gasteiger charge is 2.13. The van der Waals surface area contributed by atoms with Crippen molar-refractivity contribution in [3.63, 3.8) is 0 Å². The average molecular weight is 278 g/mol. The quantitative estimate of drug-likeness (QED) is 0.775. The summed E-state index contributed by atoms with van der Waals surface area (Å²) in [7, 11) is 0. The third kappa shape index (κ3) is 4.42. The molecule has 0 aliphatic rings. The number of nitrogens with one attached hydrogen (secondary N) is 1. The summed E-state index contributed by atoms with van der Waals surface area (Å²) >= 11 is 11.7. The molecule has 0 saturated heterocycles. The normalized spacial score (nSPS) is 12.2. The van der Waals surface area contributed by atoms with Crippen LogP contribution in [0, 0.1) is 0 Å². The Bertz CT molecular complexity index is 398. The second kappa shape index (κ2) is 6.69. The summed E-state index contributed by atoms with van der Waals surface area (Å²) in [4.78, 5) is 10.4. The Labute approximate surface area is 109 Å². The standard InChI is InChI=1S/C11H13Cl2NO3/c12-9-2-1-7(5-10(9)13)8(3-4-15)6-14-11(16)17/h1-2,5,8,14-15H,3-4,6H2,(H,16,17). The molecule has 1 atom stereocenters.